The van der Waals surface area contributed by atoms with Gasteiger partial charge in [-0.2, -0.15) is 0 Å². The van der Waals surface area contributed by atoms with Gasteiger partial charge >= 0.3 is 11.8 Å². The maximum Gasteiger partial charge on any atom is 0.312 e. The van der Waals surface area contributed by atoms with Crippen molar-refractivity contribution in [2.24, 2.45) is 33.5 Å². The number of carbonyl (C=O) groups is 3. The van der Waals surface area contributed by atoms with E-state index in [1.165, 1.54) is 5.57 Å². The number of ketones is 1. The summed E-state index contributed by atoms with van der Waals surface area (Å²) in [4.78, 5) is 45.4. The Kier molecular flexibility index (Phi) is 7.06. The molecule has 0 aromatic carbocycles. The quantitative estimate of drug-likeness (QED) is 0.410. The number of nitrogens with zero attached hydrogens (tertiary/aromatic N) is 3. The fourth-order valence-corrected chi connectivity index (χ4v) is 10.6. The molecule has 0 aromatic rings. The van der Waals surface area contributed by atoms with Gasteiger partial charge in [0.25, 0.3) is 0 Å². The van der Waals surface area contributed by atoms with E-state index in [-0.39, 0.29) is 45.0 Å². The van der Waals surface area contributed by atoms with E-state index in [2.05, 4.69) is 51.7 Å². The topological polar surface area (TPSA) is 81.2 Å². The van der Waals surface area contributed by atoms with Crippen molar-refractivity contribution in [3.05, 3.63) is 46.3 Å². The Labute approximate surface area is 264 Å². The maximum atomic E-state index is 13.7. The van der Waals surface area contributed by atoms with Gasteiger partial charge < -0.3 is 19.8 Å². The van der Waals surface area contributed by atoms with Crippen molar-refractivity contribution in [2.75, 3.05) is 40.8 Å². The molecule has 0 radical (unpaired) electrons. The van der Waals surface area contributed by atoms with Crippen LogP contribution in [0.15, 0.2) is 46.3 Å². The summed E-state index contributed by atoms with van der Waals surface area (Å²) in [5, 5.41) is 10.4. The molecule has 6 atom stereocenters. The first-order chi connectivity index (χ1) is 20.4. The number of allylic oxidation sites excluding steroid dienone is 7. The molecule has 7 nitrogen and oxygen atoms in total. The highest BCUT2D eigenvalue weighted by Crippen LogP contribution is 2.75. The Morgan fingerprint density at radius 2 is 1.61 bits per heavy atom. The van der Waals surface area contributed by atoms with Gasteiger partial charge in [0.1, 0.15) is 0 Å². The van der Waals surface area contributed by atoms with E-state index >= 15 is 0 Å². The van der Waals surface area contributed by atoms with Crippen LogP contribution in [0.5, 0.6) is 0 Å². The van der Waals surface area contributed by atoms with Crippen molar-refractivity contribution in [1.82, 2.24) is 14.7 Å². The largest absolute Gasteiger partial charge is 0.504 e. The first-order valence-electron chi connectivity index (χ1n) is 16.7. The van der Waals surface area contributed by atoms with Crippen LogP contribution in [-0.4, -0.2) is 83.7 Å². The molecule has 7 heteroatoms. The Morgan fingerprint density at radius 1 is 0.955 bits per heavy atom. The van der Waals surface area contributed by atoms with Crippen molar-refractivity contribution in [1.29, 1.82) is 0 Å². The Bertz CT molecular complexity index is 1450. The molecule has 44 heavy (non-hydrogen) atoms. The summed E-state index contributed by atoms with van der Waals surface area (Å²) in [6.45, 7) is 16.0. The van der Waals surface area contributed by atoms with Gasteiger partial charge in [-0.25, -0.2) is 0 Å². The predicted octanol–water partition coefficient (Wildman–Crippen LogP) is 5.84. The summed E-state index contributed by atoms with van der Waals surface area (Å²) in [7, 11) is 5.94. The van der Waals surface area contributed by atoms with Crippen molar-refractivity contribution in [2.45, 2.75) is 92.0 Å². The highest BCUT2D eigenvalue weighted by molar-refractivity contribution is 6.35. The molecule has 2 amide bonds. The number of likely N-dealkylation sites (tertiary alicyclic amines) is 1. The third-order valence-electron chi connectivity index (χ3n) is 14.0. The predicted molar refractivity (Wildman–Crippen MR) is 173 cm³/mol. The van der Waals surface area contributed by atoms with Crippen LogP contribution in [0.2, 0.25) is 0 Å². The molecule has 6 rings (SSSR count). The van der Waals surface area contributed by atoms with Crippen LogP contribution in [0.4, 0.5) is 0 Å². The smallest absolute Gasteiger partial charge is 0.312 e. The monoisotopic (exact) mass is 603 g/mol. The van der Waals surface area contributed by atoms with Gasteiger partial charge in [-0.15, -0.1) is 0 Å². The third kappa shape index (κ3) is 4.20. The van der Waals surface area contributed by atoms with Gasteiger partial charge in [0.15, 0.2) is 5.76 Å². The molecule has 3 saturated carbocycles. The van der Waals surface area contributed by atoms with Crippen LogP contribution in [0, 0.1) is 33.5 Å². The molecule has 5 aliphatic carbocycles. The number of carbonyl (C=O) groups excluding carboxylic acids is 3. The zero-order valence-electron chi connectivity index (χ0n) is 28.5. The number of fused-ring (bicyclic) bond motifs is 7. The van der Waals surface area contributed by atoms with E-state index < -0.39 is 5.54 Å². The molecule has 0 spiro atoms. The second-order valence-corrected chi connectivity index (χ2v) is 16.7. The summed E-state index contributed by atoms with van der Waals surface area (Å²) in [6.07, 6.45) is 13.2. The van der Waals surface area contributed by atoms with E-state index in [0.717, 1.165) is 62.6 Å². The van der Waals surface area contributed by atoms with E-state index in [9.17, 15) is 19.5 Å². The van der Waals surface area contributed by atoms with Gasteiger partial charge in [-0.1, -0.05) is 45.4 Å². The zero-order chi connectivity index (χ0) is 32.2. The minimum Gasteiger partial charge on any atom is -0.504 e. The lowest BCUT2D eigenvalue weighted by Gasteiger charge is -2.70. The van der Waals surface area contributed by atoms with Gasteiger partial charge in [-0.05, 0) is 112 Å². The number of hydrogen-bond donors (Lipinski definition) is 1. The highest BCUT2D eigenvalue weighted by Gasteiger charge is 2.67. The van der Waals surface area contributed by atoms with E-state index in [1.807, 2.05) is 28.1 Å². The lowest BCUT2D eigenvalue weighted by atomic mass is 9.35. The molecule has 4 fully saturated rings. The van der Waals surface area contributed by atoms with Crippen LogP contribution in [0.3, 0.4) is 0 Å². The van der Waals surface area contributed by atoms with E-state index in [4.69, 9.17) is 0 Å². The zero-order valence-corrected chi connectivity index (χ0v) is 28.5. The summed E-state index contributed by atoms with van der Waals surface area (Å²) in [5.74, 6) is -0.332. The lowest BCUT2D eigenvalue weighted by molar-refractivity contribution is -0.174. The number of rotatable bonds is 3. The van der Waals surface area contributed by atoms with Crippen molar-refractivity contribution in [3.8, 4) is 0 Å². The highest BCUT2D eigenvalue weighted by atomic mass is 16.3. The number of hydrogen-bond acceptors (Lipinski definition) is 5. The third-order valence-corrected chi connectivity index (χ3v) is 14.0. The molecule has 240 valence electrons. The average Bonchev–Trinajstić information content (AvgIpc) is 2.95. The van der Waals surface area contributed by atoms with Crippen LogP contribution < -0.4 is 0 Å². The van der Waals surface area contributed by atoms with Crippen molar-refractivity contribution >= 4 is 17.6 Å². The SMILES string of the molecule is CC1=C(O)C(=O)C=C2C1=CC=C1[C@@]2(C)CC[C@@]2(C)C3C[C@](C)(N(C)C(=O)C(=O)N4CC(CN(C)C)C4)CC[C@]3(C)CC[C@]12C. The lowest BCUT2D eigenvalue weighted by Crippen LogP contribution is -2.65. The summed E-state index contributed by atoms with van der Waals surface area (Å²) in [5.41, 5.74) is 3.58. The first kappa shape index (κ1) is 31.3. The van der Waals surface area contributed by atoms with Crippen LogP contribution in [0.1, 0.15) is 86.5 Å². The van der Waals surface area contributed by atoms with Crippen LogP contribution in [0.25, 0.3) is 0 Å². The van der Waals surface area contributed by atoms with Crippen molar-refractivity contribution < 1.29 is 19.5 Å². The molecule has 1 saturated heterocycles. The maximum absolute atomic E-state index is 13.7. The number of aliphatic hydroxyl groups excluding tert-OH is 1. The van der Waals surface area contributed by atoms with E-state index in [1.54, 1.807) is 15.9 Å². The molecule has 0 bridgehead atoms. The van der Waals surface area contributed by atoms with Gasteiger partial charge in [0.05, 0.1) is 0 Å². The van der Waals surface area contributed by atoms with E-state index in [0.29, 0.717) is 30.5 Å². The minimum absolute atomic E-state index is 0.00457. The Hall–Kier alpha value is -2.67. The number of amides is 2. The van der Waals surface area contributed by atoms with Gasteiger partial charge in [-0.3, -0.25) is 14.4 Å². The fourth-order valence-electron chi connectivity index (χ4n) is 10.6. The molecule has 0 aromatic heterocycles. The molecule has 1 heterocycles. The second-order valence-electron chi connectivity index (χ2n) is 16.7. The van der Waals surface area contributed by atoms with Crippen LogP contribution >= 0.6 is 0 Å². The molecule has 6 aliphatic rings. The molecule has 1 unspecified atom stereocenters. The Balaban J connectivity index is 1.29. The summed E-state index contributed by atoms with van der Waals surface area (Å²) < 4.78 is 0. The molecule has 1 N–H and O–H groups in total. The van der Waals surface area contributed by atoms with Gasteiger partial charge in [0, 0.05) is 49.1 Å². The van der Waals surface area contributed by atoms with Crippen molar-refractivity contribution in [3.63, 3.8) is 0 Å². The Morgan fingerprint density at radius 3 is 2.27 bits per heavy atom. The second kappa shape index (κ2) is 9.91. The number of aliphatic hydroxyl groups is 1. The number of likely N-dealkylation sites (N-methyl/N-ethyl adjacent to an activating group) is 1. The standard InChI is InChI=1S/C37H53N3O4/c1-23-25-10-11-28-35(4,26(25)18-27(41)30(23)42)15-17-37(6)29-19-34(3,14-12-33(29,2)13-16-36(28,37)5)39(9)31(43)32(44)40-21-24(22-40)20-38(7)8/h10-11,18,24,29,42H,12-17,19-22H2,1-9H3/t29?,33-,34-,35+,36-,37+/m1/s1. The summed E-state index contributed by atoms with van der Waals surface area (Å²) >= 11 is 0. The first-order valence-corrected chi connectivity index (χ1v) is 16.7. The average molecular weight is 604 g/mol. The fraction of sp³-hybridized carbons (Fsp3) is 0.703. The molecule has 1 aliphatic heterocycles. The molecular formula is C37H53N3O4. The molecular weight excluding hydrogens is 550 g/mol. The van der Waals surface area contributed by atoms with Crippen LogP contribution in [-0.2, 0) is 14.4 Å². The van der Waals surface area contributed by atoms with Gasteiger partial charge in [0.2, 0.25) is 5.78 Å². The normalized spacial score (nSPS) is 40.1. The summed E-state index contributed by atoms with van der Waals surface area (Å²) in [6, 6.07) is 0. The minimum atomic E-state index is -0.390.